The molecule has 2 atom stereocenters. The van der Waals surface area contributed by atoms with Crippen LogP contribution in [0.15, 0.2) is 54.6 Å². The molecule has 2 N–H and O–H groups in total. The summed E-state index contributed by atoms with van der Waals surface area (Å²) in [4.78, 5) is 0. The molecule has 2 unspecified atom stereocenters. The van der Waals surface area contributed by atoms with Crippen molar-refractivity contribution in [3.63, 3.8) is 0 Å². The van der Waals surface area contributed by atoms with Crippen molar-refractivity contribution in [2.75, 3.05) is 0 Å². The van der Waals surface area contributed by atoms with Crippen molar-refractivity contribution in [3.05, 3.63) is 71.3 Å². The summed E-state index contributed by atoms with van der Waals surface area (Å²) in [6.07, 6.45) is -1.16. The third-order valence-corrected chi connectivity index (χ3v) is 3.20. The van der Waals surface area contributed by atoms with Crippen molar-refractivity contribution in [2.45, 2.75) is 25.6 Å². The lowest BCUT2D eigenvalue weighted by atomic mass is 9.96. The molecular weight excluding hydrogens is 224 g/mol. The topological polar surface area (TPSA) is 40.5 Å². The Bertz CT molecular complexity index is 493. The first-order valence-corrected chi connectivity index (χ1v) is 6.14. The predicted molar refractivity (Wildman–Crippen MR) is 72.3 cm³/mol. The van der Waals surface area contributed by atoms with Crippen molar-refractivity contribution < 1.29 is 10.2 Å². The summed E-state index contributed by atoms with van der Waals surface area (Å²) in [5.74, 6) is 0. The van der Waals surface area contributed by atoms with Crippen LogP contribution in [-0.2, 0) is 6.42 Å². The summed E-state index contributed by atoms with van der Waals surface area (Å²) in [6, 6.07) is 17.2. The van der Waals surface area contributed by atoms with E-state index in [1.807, 2.05) is 61.5 Å². The minimum absolute atomic E-state index is 0.461. The fourth-order valence-electron chi connectivity index (χ4n) is 2.05. The zero-order valence-electron chi connectivity index (χ0n) is 10.5. The molecule has 0 heterocycles. The van der Waals surface area contributed by atoms with Gasteiger partial charge in [0.1, 0.15) is 6.10 Å². The molecular formula is C16H18O2. The maximum atomic E-state index is 10.1. The highest BCUT2D eigenvalue weighted by Crippen LogP contribution is 2.20. The van der Waals surface area contributed by atoms with E-state index in [0.29, 0.717) is 6.42 Å². The second-order valence-electron chi connectivity index (χ2n) is 4.55. The second-order valence-corrected chi connectivity index (χ2v) is 4.55. The SMILES string of the molecule is Cc1ccccc1CC(O)C(O)c1ccccc1. The van der Waals surface area contributed by atoms with Gasteiger partial charge < -0.3 is 10.2 Å². The predicted octanol–water partition coefficient (Wildman–Crippen LogP) is 2.63. The molecule has 0 amide bonds. The molecule has 0 fully saturated rings. The van der Waals surface area contributed by atoms with Crippen LogP contribution in [0, 0.1) is 6.92 Å². The fraction of sp³-hybridized carbons (Fsp3) is 0.250. The van der Waals surface area contributed by atoms with E-state index >= 15 is 0 Å². The lowest BCUT2D eigenvalue weighted by Crippen LogP contribution is -2.21. The molecule has 2 aromatic carbocycles. The first kappa shape index (κ1) is 12.8. The average Bonchev–Trinajstić information content (AvgIpc) is 2.41. The molecule has 2 nitrogen and oxygen atoms in total. The highest BCUT2D eigenvalue weighted by Gasteiger charge is 2.18. The summed E-state index contributed by atoms with van der Waals surface area (Å²) < 4.78 is 0. The second kappa shape index (κ2) is 5.80. The van der Waals surface area contributed by atoms with E-state index in [2.05, 4.69) is 0 Å². The number of hydrogen-bond acceptors (Lipinski definition) is 2. The van der Waals surface area contributed by atoms with Crippen LogP contribution in [0.4, 0.5) is 0 Å². The molecule has 0 saturated heterocycles. The zero-order valence-corrected chi connectivity index (χ0v) is 10.5. The van der Waals surface area contributed by atoms with Gasteiger partial charge in [0.25, 0.3) is 0 Å². The van der Waals surface area contributed by atoms with Gasteiger partial charge in [-0.2, -0.15) is 0 Å². The maximum absolute atomic E-state index is 10.1. The first-order chi connectivity index (χ1) is 8.68. The van der Waals surface area contributed by atoms with Crippen LogP contribution >= 0.6 is 0 Å². The minimum atomic E-state index is -0.842. The van der Waals surface area contributed by atoms with Gasteiger partial charge in [0.15, 0.2) is 0 Å². The quantitative estimate of drug-likeness (QED) is 0.865. The maximum Gasteiger partial charge on any atom is 0.105 e. The summed E-state index contributed by atoms with van der Waals surface area (Å²) in [5.41, 5.74) is 2.95. The Labute approximate surface area is 108 Å². The molecule has 0 spiro atoms. The normalized spacial score (nSPS) is 14.2. The van der Waals surface area contributed by atoms with Crippen molar-refractivity contribution in [1.82, 2.24) is 0 Å². The summed E-state index contributed by atoms with van der Waals surface area (Å²) in [5, 5.41) is 20.2. The van der Waals surface area contributed by atoms with Gasteiger partial charge in [-0.1, -0.05) is 54.6 Å². The molecule has 0 aliphatic heterocycles. The molecule has 0 aliphatic carbocycles. The summed E-state index contributed by atoms with van der Waals surface area (Å²) in [6.45, 7) is 2.01. The lowest BCUT2D eigenvalue weighted by Gasteiger charge is -2.19. The molecule has 0 aromatic heterocycles. The molecule has 0 saturated carbocycles. The van der Waals surface area contributed by atoms with Crippen LogP contribution in [0.3, 0.4) is 0 Å². The monoisotopic (exact) mass is 242 g/mol. The smallest absolute Gasteiger partial charge is 0.105 e. The number of rotatable bonds is 4. The van der Waals surface area contributed by atoms with E-state index < -0.39 is 12.2 Å². The van der Waals surface area contributed by atoms with E-state index in [0.717, 1.165) is 16.7 Å². The van der Waals surface area contributed by atoms with E-state index in [-0.39, 0.29) is 0 Å². The molecule has 0 bridgehead atoms. The Morgan fingerprint density at radius 3 is 2.17 bits per heavy atom. The Hall–Kier alpha value is -1.64. The Morgan fingerprint density at radius 2 is 1.50 bits per heavy atom. The summed E-state index contributed by atoms with van der Waals surface area (Å²) in [7, 11) is 0. The highest BCUT2D eigenvalue weighted by atomic mass is 16.3. The van der Waals surface area contributed by atoms with Crippen LogP contribution in [0.2, 0.25) is 0 Å². The number of aryl methyl sites for hydroxylation is 1. The van der Waals surface area contributed by atoms with Gasteiger partial charge in [-0.05, 0) is 23.6 Å². The van der Waals surface area contributed by atoms with Crippen LogP contribution in [0.5, 0.6) is 0 Å². The van der Waals surface area contributed by atoms with Gasteiger partial charge in [0.2, 0.25) is 0 Å². The zero-order chi connectivity index (χ0) is 13.0. The van der Waals surface area contributed by atoms with Gasteiger partial charge in [-0.3, -0.25) is 0 Å². The fourth-order valence-corrected chi connectivity index (χ4v) is 2.05. The van der Waals surface area contributed by atoms with Crippen LogP contribution in [0.25, 0.3) is 0 Å². The highest BCUT2D eigenvalue weighted by molar-refractivity contribution is 5.27. The first-order valence-electron chi connectivity index (χ1n) is 6.14. The van der Waals surface area contributed by atoms with Crippen molar-refractivity contribution >= 4 is 0 Å². The lowest BCUT2D eigenvalue weighted by molar-refractivity contribution is 0.0189. The average molecular weight is 242 g/mol. The van der Waals surface area contributed by atoms with Crippen LogP contribution in [0.1, 0.15) is 22.8 Å². The minimum Gasteiger partial charge on any atom is -0.390 e. The third kappa shape index (κ3) is 2.97. The Morgan fingerprint density at radius 1 is 0.889 bits per heavy atom. The van der Waals surface area contributed by atoms with Crippen molar-refractivity contribution in [2.24, 2.45) is 0 Å². The van der Waals surface area contributed by atoms with Gasteiger partial charge in [-0.25, -0.2) is 0 Å². The van der Waals surface area contributed by atoms with Gasteiger partial charge >= 0.3 is 0 Å². The Kier molecular flexibility index (Phi) is 4.13. The third-order valence-electron chi connectivity index (χ3n) is 3.20. The van der Waals surface area contributed by atoms with Crippen LogP contribution in [-0.4, -0.2) is 16.3 Å². The molecule has 2 aromatic rings. The van der Waals surface area contributed by atoms with Crippen LogP contribution < -0.4 is 0 Å². The molecule has 0 radical (unpaired) electrons. The van der Waals surface area contributed by atoms with E-state index in [9.17, 15) is 10.2 Å². The van der Waals surface area contributed by atoms with E-state index in [1.165, 1.54) is 0 Å². The standard InChI is InChI=1S/C16H18O2/c1-12-7-5-6-10-14(12)11-15(17)16(18)13-8-3-2-4-9-13/h2-10,15-18H,11H2,1H3. The Balaban J connectivity index is 2.09. The molecule has 18 heavy (non-hydrogen) atoms. The number of hydrogen-bond donors (Lipinski definition) is 2. The van der Waals surface area contributed by atoms with Gasteiger partial charge in [0.05, 0.1) is 6.10 Å². The van der Waals surface area contributed by atoms with Gasteiger partial charge in [-0.15, -0.1) is 0 Å². The molecule has 2 rings (SSSR count). The van der Waals surface area contributed by atoms with E-state index in [1.54, 1.807) is 0 Å². The number of benzene rings is 2. The van der Waals surface area contributed by atoms with Crippen molar-refractivity contribution in [3.8, 4) is 0 Å². The number of aliphatic hydroxyl groups excluding tert-OH is 2. The summed E-state index contributed by atoms with van der Waals surface area (Å²) >= 11 is 0. The largest absolute Gasteiger partial charge is 0.390 e. The molecule has 0 aliphatic rings. The number of aliphatic hydroxyl groups is 2. The van der Waals surface area contributed by atoms with Crippen molar-refractivity contribution in [1.29, 1.82) is 0 Å². The molecule has 94 valence electrons. The van der Waals surface area contributed by atoms with E-state index in [4.69, 9.17) is 0 Å². The van der Waals surface area contributed by atoms with Gasteiger partial charge in [0, 0.05) is 6.42 Å². The molecule has 2 heteroatoms.